The summed E-state index contributed by atoms with van der Waals surface area (Å²) < 4.78 is 10.5. The van der Waals surface area contributed by atoms with Crippen LogP contribution in [0.5, 0.6) is 0 Å². The normalized spacial score (nSPS) is 12.6. The predicted octanol–water partition coefficient (Wildman–Crippen LogP) is 2.77. The zero-order valence-electron chi connectivity index (χ0n) is 12.5. The van der Waals surface area contributed by atoms with E-state index < -0.39 is 0 Å². The molecule has 5 nitrogen and oxygen atoms in total. The highest BCUT2D eigenvalue weighted by atomic mass is 35.5. The van der Waals surface area contributed by atoms with Gasteiger partial charge in [0.15, 0.2) is 11.0 Å². The molecule has 0 fully saturated rings. The molecule has 114 valence electrons. The third kappa shape index (κ3) is 3.61. The van der Waals surface area contributed by atoms with Crippen LogP contribution in [0.2, 0.25) is 5.15 Å². The maximum Gasteiger partial charge on any atom is 0.159 e. The van der Waals surface area contributed by atoms with Gasteiger partial charge in [-0.3, -0.25) is 0 Å². The number of benzene rings is 1. The molecule has 0 bridgehead atoms. The van der Waals surface area contributed by atoms with Crippen LogP contribution in [0, 0.1) is 0 Å². The van der Waals surface area contributed by atoms with Crippen LogP contribution < -0.4 is 4.90 Å². The predicted molar refractivity (Wildman–Crippen MR) is 85.1 cm³/mol. The summed E-state index contributed by atoms with van der Waals surface area (Å²) in [6.07, 6.45) is 0. The highest BCUT2D eigenvalue weighted by Crippen LogP contribution is 2.29. The lowest BCUT2D eigenvalue weighted by Crippen LogP contribution is -2.39. The smallest absolute Gasteiger partial charge is 0.159 e. The summed E-state index contributed by atoms with van der Waals surface area (Å²) in [5.74, 6) is 0.802. The number of hydrogen-bond donors (Lipinski definition) is 0. The summed E-state index contributed by atoms with van der Waals surface area (Å²) in [5, 5.41) is 10.7. The number of anilines is 1. The topological polar surface area (TPSA) is 47.5 Å². The van der Waals surface area contributed by atoms with Crippen molar-refractivity contribution in [2.24, 2.45) is 0 Å². The number of halogens is 1. The minimum absolute atomic E-state index is 0.157. The van der Waals surface area contributed by atoms with Crippen molar-refractivity contribution in [3.63, 3.8) is 0 Å². The zero-order valence-corrected chi connectivity index (χ0v) is 13.3. The quantitative estimate of drug-likeness (QED) is 0.787. The standard InChI is InChI=1S/C15H20ClN3O2/c1-11(10-21-3)19(8-9-20-2)15-13-7-5-4-6-12(13)14(16)17-18-15/h4-7,11H,8-10H2,1-3H3. The summed E-state index contributed by atoms with van der Waals surface area (Å²) >= 11 is 6.14. The molecule has 0 saturated carbocycles. The number of rotatable bonds is 7. The minimum Gasteiger partial charge on any atom is -0.383 e. The Morgan fingerprint density at radius 3 is 2.52 bits per heavy atom. The van der Waals surface area contributed by atoms with Crippen LogP contribution in [0.4, 0.5) is 5.82 Å². The molecule has 0 radical (unpaired) electrons. The Bertz CT molecular complexity index is 594. The van der Waals surface area contributed by atoms with Crippen molar-refractivity contribution in [1.29, 1.82) is 0 Å². The Hall–Kier alpha value is -1.43. The van der Waals surface area contributed by atoms with Crippen LogP contribution in [-0.4, -0.2) is 50.2 Å². The molecular weight excluding hydrogens is 290 g/mol. The molecule has 2 rings (SSSR count). The van der Waals surface area contributed by atoms with Gasteiger partial charge in [-0.15, -0.1) is 10.2 Å². The van der Waals surface area contributed by atoms with E-state index in [1.165, 1.54) is 0 Å². The van der Waals surface area contributed by atoms with Gasteiger partial charge in [0.25, 0.3) is 0 Å². The zero-order chi connectivity index (χ0) is 15.2. The summed E-state index contributed by atoms with van der Waals surface area (Å²) in [7, 11) is 3.38. The first-order valence-electron chi connectivity index (χ1n) is 6.84. The van der Waals surface area contributed by atoms with Gasteiger partial charge in [-0.05, 0) is 6.92 Å². The van der Waals surface area contributed by atoms with E-state index in [1.54, 1.807) is 14.2 Å². The molecule has 1 aromatic heterocycles. The van der Waals surface area contributed by atoms with Crippen molar-refractivity contribution >= 4 is 28.2 Å². The van der Waals surface area contributed by atoms with E-state index in [0.717, 1.165) is 16.6 Å². The summed E-state index contributed by atoms with van der Waals surface area (Å²) in [6.45, 7) is 4.00. The van der Waals surface area contributed by atoms with Crippen LogP contribution in [0.15, 0.2) is 24.3 Å². The number of nitrogens with zero attached hydrogens (tertiary/aromatic N) is 3. The van der Waals surface area contributed by atoms with E-state index in [4.69, 9.17) is 21.1 Å². The van der Waals surface area contributed by atoms with Crippen LogP contribution in [0.1, 0.15) is 6.92 Å². The number of ether oxygens (including phenoxy) is 2. The Morgan fingerprint density at radius 1 is 1.14 bits per heavy atom. The molecule has 0 N–H and O–H groups in total. The fourth-order valence-electron chi connectivity index (χ4n) is 2.32. The van der Waals surface area contributed by atoms with Crippen LogP contribution in [-0.2, 0) is 9.47 Å². The monoisotopic (exact) mass is 309 g/mol. The maximum atomic E-state index is 6.14. The van der Waals surface area contributed by atoms with Crippen molar-refractivity contribution in [3.05, 3.63) is 29.4 Å². The molecule has 1 aromatic carbocycles. The van der Waals surface area contributed by atoms with Gasteiger partial charge < -0.3 is 14.4 Å². The van der Waals surface area contributed by atoms with Crippen molar-refractivity contribution in [2.45, 2.75) is 13.0 Å². The lowest BCUT2D eigenvalue weighted by Gasteiger charge is -2.30. The third-order valence-corrected chi connectivity index (χ3v) is 3.65. The average Bonchev–Trinajstić information content (AvgIpc) is 2.50. The van der Waals surface area contributed by atoms with Crippen LogP contribution in [0.25, 0.3) is 10.8 Å². The number of methoxy groups -OCH3 is 2. The van der Waals surface area contributed by atoms with Gasteiger partial charge in [-0.1, -0.05) is 35.9 Å². The largest absolute Gasteiger partial charge is 0.383 e. The Labute approximate surface area is 129 Å². The lowest BCUT2D eigenvalue weighted by atomic mass is 10.1. The number of aromatic nitrogens is 2. The van der Waals surface area contributed by atoms with Gasteiger partial charge in [-0.25, -0.2) is 0 Å². The van der Waals surface area contributed by atoms with E-state index in [-0.39, 0.29) is 6.04 Å². The van der Waals surface area contributed by atoms with E-state index in [0.29, 0.717) is 24.9 Å². The molecular formula is C15H20ClN3O2. The second kappa shape index (κ2) is 7.54. The van der Waals surface area contributed by atoms with E-state index in [2.05, 4.69) is 22.0 Å². The lowest BCUT2D eigenvalue weighted by molar-refractivity contribution is 0.170. The minimum atomic E-state index is 0.157. The Kier molecular flexibility index (Phi) is 5.73. The summed E-state index contributed by atoms with van der Waals surface area (Å²) in [4.78, 5) is 2.14. The molecule has 0 aliphatic rings. The van der Waals surface area contributed by atoms with Crippen LogP contribution in [0.3, 0.4) is 0 Å². The van der Waals surface area contributed by atoms with Gasteiger partial charge in [-0.2, -0.15) is 0 Å². The maximum absolute atomic E-state index is 6.14. The fraction of sp³-hybridized carbons (Fsp3) is 0.467. The molecule has 0 spiro atoms. The molecule has 21 heavy (non-hydrogen) atoms. The van der Waals surface area contributed by atoms with Gasteiger partial charge >= 0.3 is 0 Å². The van der Waals surface area contributed by atoms with E-state index in [1.807, 2.05) is 24.3 Å². The molecule has 0 aliphatic heterocycles. The van der Waals surface area contributed by atoms with Crippen molar-refractivity contribution in [2.75, 3.05) is 38.9 Å². The first-order chi connectivity index (χ1) is 10.2. The first-order valence-corrected chi connectivity index (χ1v) is 7.22. The summed E-state index contributed by atoms with van der Waals surface area (Å²) in [6, 6.07) is 8.02. The molecule has 1 unspecified atom stereocenters. The molecule has 1 atom stereocenters. The van der Waals surface area contributed by atoms with Crippen molar-refractivity contribution < 1.29 is 9.47 Å². The highest BCUT2D eigenvalue weighted by molar-refractivity contribution is 6.34. The third-order valence-electron chi connectivity index (χ3n) is 3.37. The van der Waals surface area contributed by atoms with Crippen molar-refractivity contribution in [1.82, 2.24) is 10.2 Å². The fourth-order valence-corrected chi connectivity index (χ4v) is 2.53. The van der Waals surface area contributed by atoms with E-state index in [9.17, 15) is 0 Å². The molecule has 6 heteroatoms. The molecule has 2 aromatic rings. The molecule has 1 heterocycles. The van der Waals surface area contributed by atoms with Crippen LogP contribution >= 0.6 is 11.6 Å². The first kappa shape index (κ1) is 15.9. The second-order valence-electron chi connectivity index (χ2n) is 4.85. The highest BCUT2D eigenvalue weighted by Gasteiger charge is 2.19. The molecule has 0 aliphatic carbocycles. The van der Waals surface area contributed by atoms with Gasteiger partial charge in [0.2, 0.25) is 0 Å². The average molecular weight is 310 g/mol. The number of fused-ring (bicyclic) bond motifs is 1. The number of hydrogen-bond acceptors (Lipinski definition) is 5. The molecule has 0 saturated heterocycles. The van der Waals surface area contributed by atoms with Gasteiger partial charge in [0, 0.05) is 31.5 Å². The van der Waals surface area contributed by atoms with E-state index >= 15 is 0 Å². The Balaban J connectivity index is 2.46. The Morgan fingerprint density at radius 2 is 1.86 bits per heavy atom. The SMILES string of the molecule is COCCN(c1nnc(Cl)c2ccccc12)C(C)COC. The second-order valence-corrected chi connectivity index (χ2v) is 5.21. The molecule has 0 amide bonds. The van der Waals surface area contributed by atoms with Gasteiger partial charge in [0.1, 0.15) is 0 Å². The van der Waals surface area contributed by atoms with Crippen molar-refractivity contribution in [3.8, 4) is 0 Å². The van der Waals surface area contributed by atoms with Gasteiger partial charge in [0.05, 0.1) is 19.3 Å². The summed E-state index contributed by atoms with van der Waals surface area (Å²) in [5.41, 5.74) is 0.